The fourth-order valence-corrected chi connectivity index (χ4v) is 4.56. The minimum absolute atomic E-state index is 0.345. The van der Waals surface area contributed by atoms with Gasteiger partial charge in [-0.05, 0) is 73.6 Å². The Labute approximate surface area is 175 Å². The van der Waals surface area contributed by atoms with Gasteiger partial charge in [0, 0.05) is 22.2 Å². The average Bonchev–Trinajstić information content (AvgIpc) is 2.74. The molecule has 1 N–H and O–H groups in total. The highest BCUT2D eigenvalue weighted by molar-refractivity contribution is 7.99. The summed E-state index contributed by atoms with van der Waals surface area (Å²) in [7, 11) is 0. The number of hydrogen-bond acceptors (Lipinski definition) is 4. The predicted molar refractivity (Wildman–Crippen MR) is 114 cm³/mol. The lowest BCUT2D eigenvalue weighted by Crippen LogP contribution is -2.15. The topological polar surface area (TPSA) is 59.4 Å². The van der Waals surface area contributed by atoms with Crippen molar-refractivity contribution in [3.8, 4) is 5.75 Å². The average molecular weight is 406 g/mol. The number of aryl methyl sites for hydroxylation is 2. The summed E-state index contributed by atoms with van der Waals surface area (Å²) in [5, 5.41) is 9.38. The molecule has 0 amide bonds. The van der Waals surface area contributed by atoms with Crippen LogP contribution in [0, 0.1) is 6.92 Å². The molecule has 1 aliphatic heterocycles. The molecule has 148 valence electrons. The summed E-state index contributed by atoms with van der Waals surface area (Å²) in [6.07, 6.45) is 5.72. The third-order valence-electron chi connectivity index (χ3n) is 5.30. The monoisotopic (exact) mass is 405 g/mol. The second kappa shape index (κ2) is 8.70. The van der Waals surface area contributed by atoms with Crippen LogP contribution in [0.2, 0.25) is 0 Å². The zero-order chi connectivity index (χ0) is 20.2. The Balaban J connectivity index is 1.48. The van der Waals surface area contributed by atoms with Gasteiger partial charge in [0.25, 0.3) is 0 Å². The predicted octanol–water partition coefficient (Wildman–Crippen LogP) is 5.74. The summed E-state index contributed by atoms with van der Waals surface area (Å²) in [5.74, 6) is 0.412. The van der Waals surface area contributed by atoms with Crippen molar-refractivity contribution >= 4 is 17.7 Å². The van der Waals surface area contributed by atoms with E-state index in [1.807, 2.05) is 0 Å². The molecule has 0 aliphatic carbocycles. The van der Waals surface area contributed by atoms with E-state index in [1.54, 1.807) is 24.0 Å². The first-order valence-electron chi connectivity index (χ1n) is 9.77. The third kappa shape index (κ3) is 4.62. The molecule has 0 radical (unpaired) electrons. The second-order valence-corrected chi connectivity index (χ2v) is 8.47. The van der Waals surface area contributed by atoms with Crippen LogP contribution in [0.1, 0.15) is 45.8 Å². The van der Waals surface area contributed by atoms with Gasteiger partial charge < -0.3 is 9.84 Å². The van der Waals surface area contributed by atoms with E-state index in [0.29, 0.717) is 24.5 Å². The van der Waals surface area contributed by atoms with Crippen LogP contribution >= 0.6 is 11.8 Å². The molecule has 1 aliphatic rings. The molecular formula is C24H23NO3S. The number of rotatable bonds is 6. The number of aromatic nitrogens is 1. The molecule has 1 aromatic heterocycles. The number of hydrogen-bond donors (Lipinski definition) is 1. The molecule has 1 atom stereocenters. The number of nitrogens with zero attached hydrogens (tertiary/aromatic N) is 1. The largest absolute Gasteiger partial charge is 0.493 e. The van der Waals surface area contributed by atoms with Crippen LogP contribution in [-0.2, 0) is 6.42 Å². The minimum atomic E-state index is -0.896. The van der Waals surface area contributed by atoms with Crippen LogP contribution in [0.4, 0.5) is 0 Å². The third-order valence-corrected chi connectivity index (χ3v) is 6.30. The Hall–Kier alpha value is -2.79. The molecule has 4 nitrogen and oxygen atoms in total. The number of aromatic carboxylic acids is 1. The molecule has 0 saturated carbocycles. The van der Waals surface area contributed by atoms with Crippen molar-refractivity contribution in [1.82, 2.24) is 4.98 Å². The first-order chi connectivity index (χ1) is 14.1. The van der Waals surface area contributed by atoms with Gasteiger partial charge in [-0.2, -0.15) is 0 Å². The van der Waals surface area contributed by atoms with Crippen molar-refractivity contribution in [1.29, 1.82) is 0 Å². The minimum Gasteiger partial charge on any atom is -0.493 e. The second-order valence-electron chi connectivity index (χ2n) is 7.33. The van der Waals surface area contributed by atoms with E-state index in [4.69, 9.17) is 4.74 Å². The molecule has 0 fully saturated rings. The van der Waals surface area contributed by atoms with Gasteiger partial charge >= 0.3 is 5.97 Å². The van der Waals surface area contributed by atoms with E-state index in [1.165, 1.54) is 22.2 Å². The van der Waals surface area contributed by atoms with Crippen LogP contribution in [0.3, 0.4) is 0 Å². The van der Waals surface area contributed by atoms with E-state index in [-0.39, 0.29) is 0 Å². The van der Waals surface area contributed by atoms with Gasteiger partial charge in [-0.25, -0.2) is 4.79 Å². The number of carboxylic acid groups (broad SMARTS) is 1. The Morgan fingerprint density at radius 2 is 1.97 bits per heavy atom. The Bertz CT molecular complexity index is 1020. The summed E-state index contributed by atoms with van der Waals surface area (Å²) in [4.78, 5) is 17.9. The van der Waals surface area contributed by atoms with Crippen molar-refractivity contribution in [2.24, 2.45) is 0 Å². The van der Waals surface area contributed by atoms with Gasteiger partial charge in [0.05, 0.1) is 12.2 Å². The Morgan fingerprint density at radius 3 is 2.76 bits per heavy atom. The first-order valence-corrected chi connectivity index (χ1v) is 10.6. The number of benzene rings is 2. The SMILES string of the molecule is Cc1ccc(Sc2ccc3c(c2)OCCC3CCc2cnccc2C(=O)O)cc1. The van der Waals surface area contributed by atoms with Gasteiger partial charge in [0.15, 0.2) is 0 Å². The first kappa shape index (κ1) is 19.5. The fourth-order valence-electron chi connectivity index (χ4n) is 3.71. The highest BCUT2D eigenvalue weighted by atomic mass is 32.2. The summed E-state index contributed by atoms with van der Waals surface area (Å²) in [6, 6.07) is 16.5. The van der Waals surface area contributed by atoms with Crippen molar-refractivity contribution < 1.29 is 14.6 Å². The lowest BCUT2D eigenvalue weighted by atomic mass is 9.87. The van der Waals surface area contributed by atoms with E-state index in [0.717, 1.165) is 29.1 Å². The molecule has 3 aromatic rings. The molecule has 0 saturated heterocycles. The summed E-state index contributed by atoms with van der Waals surface area (Å²) >= 11 is 1.73. The Kier molecular flexibility index (Phi) is 5.86. The van der Waals surface area contributed by atoms with Crippen LogP contribution in [0.15, 0.2) is 70.7 Å². The van der Waals surface area contributed by atoms with Gasteiger partial charge in [-0.1, -0.05) is 35.5 Å². The number of ether oxygens (including phenoxy) is 1. The van der Waals surface area contributed by atoms with E-state index in [2.05, 4.69) is 54.4 Å². The maximum absolute atomic E-state index is 11.4. The van der Waals surface area contributed by atoms with Crippen LogP contribution in [-0.4, -0.2) is 22.7 Å². The van der Waals surface area contributed by atoms with E-state index in [9.17, 15) is 9.90 Å². The summed E-state index contributed by atoms with van der Waals surface area (Å²) in [6.45, 7) is 2.78. The molecule has 1 unspecified atom stereocenters. The molecule has 0 spiro atoms. The van der Waals surface area contributed by atoms with Crippen molar-refractivity contribution in [3.05, 3.63) is 83.2 Å². The zero-order valence-corrected chi connectivity index (χ0v) is 17.1. The normalized spacial score (nSPS) is 15.4. The van der Waals surface area contributed by atoms with Gasteiger partial charge in [0.1, 0.15) is 5.75 Å². The van der Waals surface area contributed by atoms with E-state index < -0.39 is 5.97 Å². The lowest BCUT2D eigenvalue weighted by Gasteiger charge is -2.26. The van der Waals surface area contributed by atoms with Crippen LogP contribution in [0.5, 0.6) is 5.75 Å². The number of pyridine rings is 1. The lowest BCUT2D eigenvalue weighted by molar-refractivity contribution is 0.0695. The van der Waals surface area contributed by atoms with Crippen molar-refractivity contribution in [2.45, 2.75) is 41.9 Å². The number of fused-ring (bicyclic) bond motifs is 1. The van der Waals surface area contributed by atoms with Crippen LogP contribution < -0.4 is 4.74 Å². The van der Waals surface area contributed by atoms with E-state index >= 15 is 0 Å². The van der Waals surface area contributed by atoms with Gasteiger partial charge in [-0.3, -0.25) is 4.98 Å². The smallest absolute Gasteiger partial charge is 0.336 e. The molecule has 29 heavy (non-hydrogen) atoms. The van der Waals surface area contributed by atoms with Crippen molar-refractivity contribution in [3.63, 3.8) is 0 Å². The standard InChI is InChI=1S/C24H23NO3S/c1-16-2-6-19(7-3-16)29-20-8-9-21-17(11-13-28-23(21)14-20)4-5-18-15-25-12-10-22(18)24(26)27/h2-3,6-10,12,14-15,17H,4-5,11,13H2,1H3,(H,26,27). The maximum atomic E-state index is 11.4. The maximum Gasteiger partial charge on any atom is 0.336 e. The summed E-state index contributed by atoms with van der Waals surface area (Å²) in [5.41, 5.74) is 3.60. The quantitative estimate of drug-likeness (QED) is 0.567. The fraction of sp³-hybridized carbons (Fsp3) is 0.250. The Morgan fingerprint density at radius 1 is 1.17 bits per heavy atom. The molecule has 2 aromatic carbocycles. The highest BCUT2D eigenvalue weighted by Crippen LogP contribution is 2.40. The van der Waals surface area contributed by atoms with Gasteiger partial charge in [0.2, 0.25) is 0 Å². The van der Waals surface area contributed by atoms with Gasteiger partial charge in [-0.15, -0.1) is 0 Å². The van der Waals surface area contributed by atoms with Crippen LogP contribution in [0.25, 0.3) is 0 Å². The number of carbonyl (C=O) groups is 1. The van der Waals surface area contributed by atoms with Crippen molar-refractivity contribution in [2.75, 3.05) is 6.61 Å². The zero-order valence-electron chi connectivity index (χ0n) is 16.3. The summed E-state index contributed by atoms with van der Waals surface area (Å²) < 4.78 is 5.95. The highest BCUT2D eigenvalue weighted by Gasteiger charge is 2.22. The molecule has 5 heteroatoms. The molecule has 2 heterocycles. The molecule has 4 rings (SSSR count). The molecular weight excluding hydrogens is 382 g/mol. The molecule has 0 bridgehead atoms. The number of carboxylic acids is 1.